The van der Waals surface area contributed by atoms with Crippen molar-refractivity contribution in [3.63, 3.8) is 0 Å². The van der Waals surface area contributed by atoms with Gasteiger partial charge in [0.05, 0.1) is 0 Å². The fraction of sp³-hybridized carbons (Fsp3) is 1.00. The largest absolute Gasteiger partial charge is 0.311 e. The molecule has 0 bridgehead atoms. The normalized spacial score (nSPS) is 57.0. The summed E-state index contributed by atoms with van der Waals surface area (Å²) in [6.07, 6.45) is 2.90. The summed E-state index contributed by atoms with van der Waals surface area (Å²) in [7, 11) is 0. The Morgan fingerprint density at radius 2 is 2.29 bits per heavy atom. The van der Waals surface area contributed by atoms with E-state index in [1.807, 2.05) is 0 Å². The number of rotatable bonds is 0. The zero-order chi connectivity index (χ0) is 4.85. The molecule has 1 heteroatoms. The fourth-order valence-electron chi connectivity index (χ4n) is 1.60. The van der Waals surface area contributed by atoms with E-state index in [-0.39, 0.29) is 0 Å². The lowest BCUT2D eigenvalue weighted by molar-refractivity contribution is 0.584. The van der Waals surface area contributed by atoms with Crippen molar-refractivity contribution in [1.29, 1.82) is 0 Å². The predicted molar refractivity (Wildman–Crippen MR) is 29.1 cm³/mol. The molecule has 1 aliphatic carbocycles. The quantitative estimate of drug-likeness (QED) is 0.470. The van der Waals surface area contributed by atoms with E-state index >= 15 is 0 Å². The zero-order valence-electron chi connectivity index (χ0n) is 4.65. The third-order valence-corrected chi connectivity index (χ3v) is 2.08. The van der Waals surface area contributed by atoms with Crippen molar-refractivity contribution in [2.24, 2.45) is 5.92 Å². The van der Waals surface area contributed by atoms with Crippen LogP contribution in [-0.2, 0) is 0 Å². The molecule has 0 amide bonds. The van der Waals surface area contributed by atoms with Gasteiger partial charge in [0.15, 0.2) is 0 Å². The molecule has 0 spiro atoms. The molecule has 0 aromatic heterocycles. The van der Waals surface area contributed by atoms with Gasteiger partial charge in [-0.05, 0) is 25.7 Å². The highest BCUT2D eigenvalue weighted by molar-refractivity contribution is 5.01. The summed E-state index contributed by atoms with van der Waals surface area (Å²) in [6, 6.07) is 1.76. The smallest absolute Gasteiger partial charge is 0.0102 e. The number of hydrogen-bond donors (Lipinski definition) is 1. The Morgan fingerprint density at radius 1 is 1.43 bits per heavy atom. The maximum absolute atomic E-state index is 3.49. The van der Waals surface area contributed by atoms with Crippen molar-refractivity contribution >= 4 is 0 Å². The van der Waals surface area contributed by atoms with Crippen molar-refractivity contribution in [2.75, 3.05) is 0 Å². The molecule has 2 fully saturated rings. The molecule has 3 atom stereocenters. The third kappa shape index (κ3) is 0.480. The van der Waals surface area contributed by atoms with Crippen molar-refractivity contribution < 1.29 is 0 Å². The highest BCUT2D eigenvalue weighted by Gasteiger charge is 2.43. The van der Waals surface area contributed by atoms with E-state index in [1.165, 1.54) is 12.8 Å². The van der Waals surface area contributed by atoms with E-state index < -0.39 is 0 Å². The molecule has 1 saturated heterocycles. The molecule has 7 heavy (non-hydrogen) atoms. The molecule has 1 heterocycles. The first-order valence-corrected chi connectivity index (χ1v) is 3.12. The lowest BCUT2D eigenvalue weighted by Crippen LogP contribution is -2.21. The maximum atomic E-state index is 3.49. The molecule has 0 radical (unpaired) electrons. The summed E-state index contributed by atoms with van der Waals surface area (Å²) in [5.74, 6) is 1.08. The van der Waals surface area contributed by atoms with Crippen molar-refractivity contribution in [3.8, 4) is 0 Å². The topological polar surface area (TPSA) is 12.0 Å². The minimum Gasteiger partial charge on any atom is -0.311 e. The van der Waals surface area contributed by atoms with E-state index in [1.54, 1.807) is 0 Å². The Labute approximate surface area is 44.1 Å². The Kier molecular flexibility index (Phi) is 0.571. The maximum Gasteiger partial charge on any atom is 0.0102 e. The molecule has 0 aromatic carbocycles. The van der Waals surface area contributed by atoms with Crippen LogP contribution in [0.3, 0.4) is 0 Å². The van der Waals surface area contributed by atoms with Crippen LogP contribution >= 0.6 is 0 Å². The number of nitrogens with one attached hydrogen (secondary N) is 1. The summed E-state index contributed by atoms with van der Waals surface area (Å²) >= 11 is 0. The average molecular weight is 97.2 g/mol. The van der Waals surface area contributed by atoms with Crippen molar-refractivity contribution in [1.82, 2.24) is 5.32 Å². The monoisotopic (exact) mass is 97.1 g/mol. The van der Waals surface area contributed by atoms with Gasteiger partial charge in [-0.25, -0.2) is 0 Å². The molecule has 2 rings (SSSR count). The van der Waals surface area contributed by atoms with Gasteiger partial charge in [-0.15, -0.1) is 0 Å². The molecule has 1 N–H and O–H groups in total. The van der Waals surface area contributed by atoms with Gasteiger partial charge in [-0.2, -0.15) is 0 Å². The van der Waals surface area contributed by atoms with Gasteiger partial charge < -0.3 is 5.32 Å². The molecular formula is C6H11N. The van der Waals surface area contributed by atoms with Gasteiger partial charge in [0.2, 0.25) is 0 Å². The zero-order valence-corrected chi connectivity index (χ0v) is 4.65. The van der Waals surface area contributed by atoms with Crippen LogP contribution in [0.2, 0.25) is 0 Å². The molecule has 0 aromatic rings. The van der Waals surface area contributed by atoms with E-state index in [2.05, 4.69) is 12.2 Å². The van der Waals surface area contributed by atoms with E-state index in [0.29, 0.717) is 0 Å². The van der Waals surface area contributed by atoms with Crippen LogP contribution < -0.4 is 5.32 Å². The van der Waals surface area contributed by atoms with Crippen molar-refractivity contribution in [2.45, 2.75) is 31.8 Å². The van der Waals surface area contributed by atoms with Crippen molar-refractivity contribution in [3.05, 3.63) is 0 Å². The van der Waals surface area contributed by atoms with Crippen LogP contribution in [0.4, 0.5) is 0 Å². The van der Waals surface area contributed by atoms with Gasteiger partial charge in [0.1, 0.15) is 0 Å². The van der Waals surface area contributed by atoms with Crippen LogP contribution in [0.15, 0.2) is 0 Å². The molecule has 1 saturated carbocycles. The van der Waals surface area contributed by atoms with Gasteiger partial charge in [0.25, 0.3) is 0 Å². The fourth-order valence-corrected chi connectivity index (χ4v) is 1.60. The minimum absolute atomic E-state index is 0.823. The first-order chi connectivity index (χ1) is 3.36. The molecule has 40 valence electrons. The number of hydrogen-bond acceptors (Lipinski definition) is 1. The second-order valence-corrected chi connectivity index (χ2v) is 2.91. The van der Waals surface area contributed by atoms with Crippen LogP contribution in [0, 0.1) is 5.92 Å². The van der Waals surface area contributed by atoms with E-state index in [0.717, 1.165) is 18.0 Å². The van der Waals surface area contributed by atoms with Gasteiger partial charge in [0, 0.05) is 12.1 Å². The average Bonchev–Trinajstić information content (AvgIpc) is 2.15. The highest BCUT2D eigenvalue weighted by atomic mass is 15.0. The SMILES string of the molecule is CC1C[C@@H]2C[C@@H]2N1. The molecule has 1 unspecified atom stereocenters. The molecule has 1 aliphatic heterocycles. The summed E-state index contributed by atoms with van der Waals surface area (Å²) < 4.78 is 0. The summed E-state index contributed by atoms with van der Waals surface area (Å²) in [5, 5.41) is 3.49. The summed E-state index contributed by atoms with van der Waals surface area (Å²) in [4.78, 5) is 0. The van der Waals surface area contributed by atoms with Gasteiger partial charge in [-0.1, -0.05) is 0 Å². The number of fused-ring (bicyclic) bond motifs is 1. The van der Waals surface area contributed by atoms with Crippen LogP contribution in [-0.4, -0.2) is 12.1 Å². The first-order valence-electron chi connectivity index (χ1n) is 3.12. The van der Waals surface area contributed by atoms with Crippen LogP contribution in [0.25, 0.3) is 0 Å². The predicted octanol–water partition coefficient (Wildman–Crippen LogP) is 0.757. The lowest BCUT2D eigenvalue weighted by atomic mass is 10.2. The Hall–Kier alpha value is -0.0400. The standard InChI is InChI=1S/C6H11N/c1-4-2-5-3-6(5)7-4/h4-7H,2-3H2,1H3/t4?,5-,6+/m1/s1. The third-order valence-electron chi connectivity index (χ3n) is 2.08. The number of piperidine rings is 1. The van der Waals surface area contributed by atoms with Crippen LogP contribution in [0.1, 0.15) is 19.8 Å². The Bertz CT molecular complexity index is 80.2. The molecule has 2 aliphatic rings. The van der Waals surface area contributed by atoms with Gasteiger partial charge in [-0.3, -0.25) is 0 Å². The van der Waals surface area contributed by atoms with Gasteiger partial charge >= 0.3 is 0 Å². The summed E-state index contributed by atoms with van der Waals surface area (Å²) in [5.41, 5.74) is 0. The first kappa shape index (κ1) is 3.90. The Morgan fingerprint density at radius 3 is 2.57 bits per heavy atom. The second-order valence-electron chi connectivity index (χ2n) is 2.91. The highest BCUT2D eigenvalue weighted by Crippen LogP contribution is 2.40. The Balaban J connectivity index is 2.02. The van der Waals surface area contributed by atoms with E-state index in [9.17, 15) is 0 Å². The molecule has 1 nitrogen and oxygen atoms in total. The second kappa shape index (κ2) is 1.03. The lowest BCUT2D eigenvalue weighted by Gasteiger charge is -2.01. The van der Waals surface area contributed by atoms with Crippen LogP contribution in [0.5, 0.6) is 0 Å². The summed E-state index contributed by atoms with van der Waals surface area (Å²) in [6.45, 7) is 2.27. The molecular weight excluding hydrogens is 86.1 g/mol. The van der Waals surface area contributed by atoms with E-state index in [4.69, 9.17) is 0 Å². The minimum atomic E-state index is 0.823.